The Bertz CT molecular complexity index is 361. The largest absolute Gasteiger partial charge is 0.348 e. The molecule has 1 aromatic rings. The maximum atomic E-state index is 11.9. The molecule has 0 spiro atoms. The third-order valence-electron chi connectivity index (χ3n) is 3.51. The molecule has 1 N–H and O–H groups in total. The number of amides is 1. The lowest BCUT2D eigenvalue weighted by atomic mass is 9.84. The molecule has 1 amide bonds. The number of nitrogens with one attached hydrogen (secondary N) is 1. The van der Waals surface area contributed by atoms with Crippen LogP contribution in [-0.2, 0) is 0 Å². The topological polar surface area (TPSA) is 54.9 Å². The number of nitrogens with zero attached hydrogens (tertiary/aromatic N) is 2. The van der Waals surface area contributed by atoms with Gasteiger partial charge in [0, 0.05) is 18.4 Å². The summed E-state index contributed by atoms with van der Waals surface area (Å²) in [5, 5.41) is 3.02. The summed E-state index contributed by atoms with van der Waals surface area (Å²) in [5.41, 5.74) is 0.398. The highest BCUT2D eigenvalue weighted by molar-refractivity contribution is 5.92. The zero-order valence-corrected chi connectivity index (χ0v) is 12.2. The second-order valence-electron chi connectivity index (χ2n) is 4.75. The molecule has 1 heterocycles. The molecule has 0 aromatic carbocycles. The van der Waals surface area contributed by atoms with Crippen molar-refractivity contribution in [2.24, 2.45) is 5.92 Å². The van der Waals surface area contributed by atoms with Gasteiger partial charge in [0.15, 0.2) is 0 Å². The quantitative estimate of drug-likeness (QED) is 0.911. The van der Waals surface area contributed by atoms with Crippen LogP contribution in [0.25, 0.3) is 0 Å². The molecule has 1 aliphatic rings. The number of hydrogen-bond donors (Lipinski definition) is 1. The molecule has 4 heteroatoms. The van der Waals surface area contributed by atoms with Crippen LogP contribution in [0.2, 0.25) is 0 Å². The van der Waals surface area contributed by atoms with Gasteiger partial charge < -0.3 is 5.32 Å². The average Bonchev–Trinajstić information content (AvgIpc) is 2.51. The van der Waals surface area contributed by atoms with Gasteiger partial charge in [-0.25, -0.2) is 4.98 Å². The molecular formula is C15H25N3O. The van der Waals surface area contributed by atoms with Gasteiger partial charge >= 0.3 is 0 Å². The Kier molecular flexibility index (Phi) is 7.08. The lowest BCUT2D eigenvalue weighted by Gasteiger charge is -2.28. The predicted octanol–water partition coefficient (Wildman–Crippen LogP) is 3.20. The minimum Gasteiger partial charge on any atom is -0.348 e. The average molecular weight is 263 g/mol. The van der Waals surface area contributed by atoms with Crippen molar-refractivity contribution in [2.75, 3.05) is 0 Å². The molecule has 106 valence electrons. The first-order valence-corrected chi connectivity index (χ1v) is 7.34. The monoisotopic (exact) mass is 263 g/mol. The third kappa shape index (κ3) is 4.97. The number of hydrogen-bond acceptors (Lipinski definition) is 3. The van der Waals surface area contributed by atoms with Crippen molar-refractivity contribution in [3.05, 3.63) is 24.3 Å². The summed E-state index contributed by atoms with van der Waals surface area (Å²) in [7, 11) is 0. The maximum absolute atomic E-state index is 11.9. The molecule has 0 saturated heterocycles. The molecule has 1 unspecified atom stereocenters. The SMILES string of the molecule is CC.CC(NC(=O)c1cnccn1)C1CCCCC1. The van der Waals surface area contributed by atoms with E-state index in [0.29, 0.717) is 11.6 Å². The summed E-state index contributed by atoms with van der Waals surface area (Å²) in [6.07, 6.45) is 11.0. The van der Waals surface area contributed by atoms with E-state index in [2.05, 4.69) is 22.2 Å². The van der Waals surface area contributed by atoms with Crippen molar-refractivity contribution in [3.63, 3.8) is 0 Å². The van der Waals surface area contributed by atoms with E-state index in [-0.39, 0.29) is 11.9 Å². The van der Waals surface area contributed by atoms with Crippen LogP contribution in [0.3, 0.4) is 0 Å². The molecule has 1 atom stereocenters. The van der Waals surface area contributed by atoms with Gasteiger partial charge in [-0.05, 0) is 25.7 Å². The van der Waals surface area contributed by atoms with E-state index in [9.17, 15) is 4.79 Å². The molecule has 4 nitrogen and oxygen atoms in total. The Morgan fingerprint density at radius 1 is 1.26 bits per heavy atom. The Labute approximate surface area is 116 Å². The molecule has 1 fully saturated rings. The van der Waals surface area contributed by atoms with E-state index < -0.39 is 0 Å². The van der Waals surface area contributed by atoms with Crippen LogP contribution in [0.15, 0.2) is 18.6 Å². The van der Waals surface area contributed by atoms with Crippen LogP contribution in [0.5, 0.6) is 0 Å². The highest BCUT2D eigenvalue weighted by Gasteiger charge is 2.22. The maximum Gasteiger partial charge on any atom is 0.271 e. The van der Waals surface area contributed by atoms with Gasteiger partial charge in [-0.2, -0.15) is 0 Å². The van der Waals surface area contributed by atoms with E-state index in [1.54, 1.807) is 12.4 Å². The first-order chi connectivity index (χ1) is 9.27. The van der Waals surface area contributed by atoms with Gasteiger partial charge in [-0.1, -0.05) is 33.1 Å². The summed E-state index contributed by atoms with van der Waals surface area (Å²) in [4.78, 5) is 19.8. The zero-order chi connectivity index (χ0) is 14.1. The Morgan fingerprint density at radius 3 is 2.53 bits per heavy atom. The summed E-state index contributed by atoms with van der Waals surface area (Å²) < 4.78 is 0. The van der Waals surface area contributed by atoms with Crippen molar-refractivity contribution >= 4 is 5.91 Å². The van der Waals surface area contributed by atoms with E-state index in [1.165, 1.54) is 38.3 Å². The normalized spacial score (nSPS) is 17.0. The van der Waals surface area contributed by atoms with Crippen LogP contribution >= 0.6 is 0 Å². The Balaban J connectivity index is 0.000000861. The molecule has 0 bridgehead atoms. The van der Waals surface area contributed by atoms with Crippen LogP contribution in [0.4, 0.5) is 0 Å². The lowest BCUT2D eigenvalue weighted by molar-refractivity contribution is 0.0914. The fourth-order valence-electron chi connectivity index (χ4n) is 2.45. The molecule has 2 rings (SSSR count). The summed E-state index contributed by atoms with van der Waals surface area (Å²) in [5.74, 6) is 0.501. The van der Waals surface area contributed by atoms with E-state index >= 15 is 0 Å². The van der Waals surface area contributed by atoms with Gasteiger partial charge in [0.2, 0.25) is 0 Å². The van der Waals surface area contributed by atoms with Crippen molar-refractivity contribution < 1.29 is 4.79 Å². The summed E-state index contributed by atoms with van der Waals surface area (Å²) >= 11 is 0. The van der Waals surface area contributed by atoms with Crippen LogP contribution < -0.4 is 5.32 Å². The van der Waals surface area contributed by atoms with Gasteiger partial charge in [-0.15, -0.1) is 0 Å². The zero-order valence-electron chi connectivity index (χ0n) is 12.2. The molecular weight excluding hydrogens is 238 g/mol. The fraction of sp³-hybridized carbons (Fsp3) is 0.667. The Morgan fingerprint density at radius 2 is 1.95 bits per heavy atom. The van der Waals surface area contributed by atoms with Gasteiger partial charge in [0.25, 0.3) is 5.91 Å². The fourth-order valence-corrected chi connectivity index (χ4v) is 2.45. The molecule has 1 aromatic heterocycles. The van der Waals surface area contributed by atoms with Crippen molar-refractivity contribution in [2.45, 2.75) is 58.9 Å². The molecule has 1 saturated carbocycles. The highest BCUT2D eigenvalue weighted by atomic mass is 16.1. The standard InChI is InChI=1S/C13H19N3O.C2H6/c1-10(11-5-3-2-4-6-11)16-13(17)12-9-14-7-8-15-12;1-2/h7-11H,2-6H2,1H3,(H,16,17);1-2H3. The number of aromatic nitrogens is 2. The van der Waals surface area contributed by atoms with Gasteiger partial charge in [-0.3, -0.25) is 9.78 Å². The minimum absolute atomic E-state index is 0.115. The van der Waals surface area contributed by atoms with E-state index in [1.807, 2.05) is 13.8 Å². The number of rotatable bonds is 3. The van der Waals surface area contributed by atoms with E-state index in [4.69, 9.17) is 0 Å². The van der Waals surface area contributed by atoms with Crippen molar-refractivity contribution in [1.29, 1.82) is 0 Å². The molecule has 1 aliphatic carbocycles. The van der Waals surface area contributed by atoms with Gasteiger partial charge in [0.05, 0.1) is 6.20 Å². The Hall–Kier alpha value is -1.45. The number of carbonyl (C=O) groups excluding carboxylic acids is 1. The second kappa shape index (κ2) is 8.62. The number of carbonyl (C=O) groups is 1. The summed E-state index contributed by atoms with van der Waals surface area (Å²) in [6, 6.07) is 0.227. The molecule has 0 radical (unpaired) electrons. The van der Waals surface area contributed by atoms with Crippen molar-refractivity contribution in [1.82, 2.24) is 15.3 Å². The van der Waals surface area contributed by atoms with Crippen molar-refractivity contribution in [3.8, 4) is 0 Å². The first kappa shape index (κ1) is 15.6. The van der Waals surface area contributed by atoms with E-state index in [0.717, 1.165) is 0 Å². The highest BCUT2D eigenvalue weighted by Crippen LogP contribution is 2.26. The molecule has 19 heavy (non-hydrogen) atoms. The predicted molar refractivity (Wildman–Crippen MR) is 76.9 cm³/mol. The summed E-state index contributed by atoms with van der Waals surface area (Å²) in [6.45, 7) is 6.09. The van der Waals surface area contributed by atoms with Crippen LogP contribution in [0.1, 0.15) is 63.4 Å². The third-order valence-corrected chi connectivity index (χ3v) is 3.51. The lowest BCUT2D eigenvalue weighted by Crippen LogP contribution is -2.39. The molecule has 0 aliphatic heterocycles. The van der Waals surface area contributed by atoms with Crippen LogP contribution in [0, 0.1) is 5.92 Å². The van der Waals surface area contributed by atoms with Crippen LogP contribution in [-0.4, -0.2) is 21.9 Å². The van der Waals surface area contributed by atoms with Gasteiger partial charge in [0.1, 0.15) is 5.69 Å². The first-order valence-electron chi connectivity index (χ1n) is 7.34. The smallest absolute Gasteiger partial charge is 0.271 e. The second-order valence-corrected chi connectivity index (χ2v) is 4.75. The minimum atomic E-state index is -0.115.